The van der Waals surface area contributed by atoms with Crippen LogP contribution in [0.2, 0.25) is 13.1 Å². The molecule has 1 aromatic rings. The second kappa shape index (κ2) is 8.74. The standard InChI is InChI=1S/C21H30ClNOSi/c1-7-21(22,17-13-9-12-16-20(2,3)4)25(5,6)23-19(24)18-14-10-8-11-15-18/h8-11,13-15H,7,17H2,1-6H3,(H,23,24)/b13-9+. The molecule has 1 atom stereocenters. The van der Waals surface area contributed by atoms with E-state index in [0.717, 1.165) is 6.42 Å². The summed E-state index contributed by atoms with van der Waals surface area (Å²) in [5, 5.41) is 0. The average molecular weight is 376 g/mol. The van der Waals surface area contributed by atoms with Gasteiger partial charge in [0.2, 0.25) is 5.91 Å². The highest BCUT2D eigenvalue weighted by atomic mass is 35.5. The van der Waals surface area contributed by atoms with Gasteiger partial charge in [0.25, 0.3) is 0 Å². The summed E-state index contributed by atoms with van der Waals surface area (Å²) in [7, 11) is -2.23. The zero-order valence-corrected chi connectivity index (χ0v) is 18.0. The zero-order valence-electron chi connectivity index (χ0n) is 16.2. The maximum absolute atomic E-state index is 12.5. The fourth-order valence-electron chi connectivity index (χ4n) is 2.46. The van der Waals surface area contributed by atoms with Crippen molar-refractivity contribution in [1.29, 1.82) is 0 Å². The number of hydrogen-bond acceptors (Lipinski definition) is 1. The maximum atomic E-state index is 12.5. The molecule has 1 rings (SSSR count). The number of hydrogen-bond donors (Lipinski definition) is 1. The number of carbonyl (C=O) groups is 1. The highest BCUT2D eigenvalue weighted by molar-refractivity contribution is 6.86. The first-order chi connectivity index (χ1) is 11.5. The van der Waals surface area contributed by atoms with Gasteiger partial charge in [-0.05, 0) is 51.8 Å². The Labute approximate surface area is 159 Å². The summed E-state index contributed by atoms with van der Waals surface area (Å²) in [5.74, 6) is 6.21. The van der Waals surface area contributed by atoms with Gasteiger partial charge in [-0.25, -0.2) is 0 Å². The van der Waals surface area contributed by atoms with E-state index in [4.69, 9.17) is 11.6 Å². The predicted octanol–water partition coefficient (Wildman–Crippen LogP) is 5.54. The van der Waals surface area contributed by atoms with Crippen LogP contribution in [0.1, 0.15) is 50.9 Å². The quantitative estimate of drug-likeness (QED) is 0.394. The molecular formula is C21H30ClNOSi. The van der Waals surface area contributed by atoms with Crippen LogP contribution in [0.25, 0.3) is 0 Å². The Bertz CT molecular complexity index is 665. The molecule has 25 heavy (non-hydrogen) atoms. The fourth-order valence-corrected chi connectivity index (χ4v) is 5.14. The lowest BCUT2D eigenvalue weighted by Crippen LogP contribution is -2.62. The van der Waals surface area contributed by atoms with Gasteiger partial charge in [-0.3, -0.25) is 4.79 Å². The van der Waals surface area contributed by atoms with Crippen molar-refractivity contribution < 1.29 is 4.79 Å². The van der Waals surface area contributed by atoms with Crippen molar-refractivity contribution in [1.82, 2.24) is 4.98 Å². The summed E-state index contributed by atoms with van der Waals surface area (Å²) in [5.41, 5.74) is 0.662. The lowest BCUT2D eigenvalue weighted by Gasteiger charge is -2.39. The van der Waals surface area contributed by atoms with Crippen LogP contribution in [-0.4, -0.2) is 18.6 Å². The number of benzene rings is 1. The molecule has 0 bridgehead atoms. The molecule has 0 fully saturated rings. The van der Waals surface area contributed by atoms with Crippen molar-refractivity contribution in [3.8, 4) is 11.8 Å². The van der Waals surface area contributed by atoms with Gasteiger partial charge in [0.15, 0.2) is 8.24 Å². The summed E-state index contributed by atoms with van der Waals surface area (Å²) >= 11 is 6.96. The minimum Gasteiger partial charge on any atom is -0.376 e. The number of carbonyl (C=O) groups excluding carboxylic acids is 1. The van der Waals surface area contributed by atoms with E-state index >= 15 is 0 Å². The first-order valence-corrected chi connectivity index (χ1v) is 12.1. The number of alkyl halides is 1. The molecule has 1 aromatic carbocycles. The molecule has 0 saturated heterocycles. The molecule has 136 valence electrons. The van der Waals surface area contributed by atoms with E-state index < -0.39 is 12.7 Å². The van der Waals surface area contributed by atoms with Crippen LogP contribution < -0.4 is 4.98 Å². The summed E-state index contributed by atoms with van der Waals surface area (Å²) in [6.07, 6.45) is 5.39. The predicted molar refractivity (Wildman–Crippen MR) is 111 cm³/mol. The number of nitrogens with one attached hydrogen (secondary N) is 1. The summed E-state index contributed by atoms with van der Waals surface area (Å²) in [4.78, 5) is 15.8. The number of halogens is 1. The Hall–Kier alpha value is -1.50. The van der Waals surface area contributed by atoms with E-state index in [1.807, 2.05) is 42.5 Å². The Morgan fingerprint density at radius 3 is 2.36 bits per heavy atom. The summed E-state index contributed by atoms with van der Waals surface area (Å²) in [6, 6.07) is 9.29. The van der Waals surface area contributed by atoms with Gasteiger partial charge in [0.1, 0.15) is 0 Å². The van der Waals surface area contributed by atoms with Crippen LogP contribution in [-0.2, 0) is 0 Å². The molecule has 1 N–H and O–H groups in total. The Balaban J connectivity index is 2.84. The first-order valence-electron chi connectivity index (χ1n) is 8.75. The molecule has 1 unspecified atom stereocenters. The molecule has 4 heteroatoms. The third-order valence-corrected chi connectivity index (χ3v) is 9.72. The lowest BCUT2D eigenvalue weighted by molar-refractivity contribution is 0.0977. The number of allylic oxidation sites excluding steroid dienone is 2. The molecule has 0 aliphatic carbocycles. The van der Waals surface area contributed by atoms with Gasteiger partial charge in [-0.2, -0.15) is 0 Å². The summed E-state index contributed by atoms with van der Waals surface area (Å²) < 4.78 is -0.447. The number of rotatable bonds is 6. The van der Waals surface area contributed by atoms with Crippen molar-refractivity contribution in [3.05, 3.63) is 48.0 Å². The largest absolute Gasteiger partial charge is 0.376 e. The minimum absolute atomic E-state index is 0.00910. The fraction of sp³-hybridized carbons (Fsp3) is 0.476. The van der Waals surface area contributed by atoms with Crippen LogP contribution in [0.15, 0.2) is 42.5 Å². The lowest BCUT2D eigenvalue weighted by atomic mass is 9.98. The molecule has 0 aliphatic rings. The Kier molecular flexibility index (Phi) is 7.53. The van der Waals surface area contributed by atoms with Crippen molar-refractivity contribution in [2.75, 3.05) is 0 Å². The molecule has 0 aromatic heterocycles. The third kappa shape index (κ3) is 6.72. The minimum atomic E-state index is -2.23. The molecule has 0 heterocycles. The Morgan fingerprint density at radius 2 is 1.84 bits per heavy atom. The van der Waals surface area contributed by atoms with Crippen molar-refractivity contribution in [3.63, 3.8) is 0 Å². The van der Waals surface area contributed by atoms with Crippen LogP contribution in [0.5, 0.6) is 0 Å². The van der Waals surface area contributed by atoms with E-state index in [-0.39, 0.29) is 11.3 Å². The smallest absolute Gasteiger partial charge is 0.243 e. The second-order valence-electron chi connectivity index (χ2n) is 7.89. The molecule has 0 aliphatic heterocycles. The monoisotopic (exact) mass is 375 g/mol. The van der Waals surface area contributed by atoms with Crippen molar-refractivity contribution in [2.24, 2.45) is 5.41 Å². The average Bonchev–Trinajstić information content (AvgIpc) is 2.53. The van der Waals surface area contributed by atoms with Gasteiger partial charge in [-0.15, -0.1) is 11.6 Å². The van der Waals surface area contributed by atoms with E-state index in [9.17, 15) is 4.79 Å². The molecule has 1 amide bonds. The van der Waals surface area contributed by atoms with E-state index in [0.29, 0.717) is 12.0 Å². The first kappa shape index (κ1) is 21.5. The van der Waals surface area contributed by atoms with Crippen LogP contribution >= 0.6 is 11.6 Å². The molecular weight excluding hydrogens is 346 g/mol. The van der Waals surface area contributed by atoms with Gasteiger partial charge in [0.05, 0.1) is 4.50 Å². The SMILES string of the molecule is CCC(Cl)(C/C=C/C#CC(C)(C)C)[Si](C)(C)NC(=O)c1ccccc1. The van der Waals surface area contributed by atoms with Gasteiger partial charge >= 0.3 is 0 Å². The van der Waals surface area contributed by atoms with E-state index in [1.165, 1.54) is 0 Å². The molecule has 0 saturated carbocycles. The van der Waals surface area contributed by atoms with E-state index in [2.05, 4.69) is 57.6 Å². The Morgan fingerprint density at radius 1 is 1.24 bits per heavy atom. The van der Waals surface area contributed by atoms with Gasteiger partial charge < -0.3 is 4.98 Å². The highest BCUT2D eigenvalue weighted by Crippen LogP contribution is 2.34. The normalized spacial score (nSPS) is 14.5. The second-order valence-corrected chi connectivity index (χ2v) is 13.4. The van der Waals surface area contributed by atoms with Crippen LogP contribution in [0.3, 0.4) is 0 Å². The van der Waals surface area contributed by atoms with Crippen LogP contribution in [0.4, 0.5) is 0 Å². The zero-order chi connectivity index (χ0) is 19.1. The van der Waals surface area contributed by atoms with Crippen LogP contribution in [0, 0.1) is 17.3 Å². The summed E-state index contributed by atoms with van der Waals surface area (Å²) in [6.45, 7) is 12.5. The maximum Gasteiger partial charge on any atom is 0.243 e. The third-order valence-electron chi connectivity index (χ3n) is 4.23. The van der Waals surface area contributed by atoms with Gasteiger partial charge in [0, 0.05) is 11.0 Å². The van der Waals surface area contributed by atoms with Crippen molar-refractivity contribution in [2.45, 2.75) is 58.1 Å². The number of amides is 1. The van der Waals surface area contributed by atoms with Gasteiger partial charge in [-0.1, -0.05) is 56.1 Å². The highest BCUT2D eigenvalue weighted by Gasteiger charge is 2.45. The van der Waals surface area contributed by atoms with E-state index in [1.54, 1.807) is 0 Å². The molecule has 0 radical (unpaired) electrons. The molecule has 2 nitrogen and oxygen atoms in total. The van der Waals surface area contributed by atoms with Crippen molar-refractivity contribution >= 4 is 25.7 Å². The topological polar surface area (TPSA) is 29.1 Å². The molecule has 0 spiro atoms.